The number of hydrogen-bond donors (Lipinski definition) is 1. The van der Waals surface area contributed by atoms with Crippen molar-refractivity contribution in [2.45, 2.75) is 50.2 Å². The molecule has 2 heterocycles. The van der Waals surface area contributed by atoms with Crippen molar-refractivity contribution in [1.29, 1.82) is 0 Å². The molecule has 1 fully saturated rings. The topological polar surface area (TPSA) is 51.1 Å². The molecule has 1 aliphatic heterocycles. The Bertz CT molecular complexity index is 880. The predicted molar refractivity (Wildman–Crippen MR) is 109 cm³/mol. The van der Waals surface area contributed by atoms with E-state index in [1.165, 1.54) is 3.97 Å². The normalized spacial score (nSPS) is 18.6. The van der Waals surface area contributed by atoms with E-state index in [0.29, 0.717) is 16.5 Å². The molecule has 3 rings (SSSR count). The molecule has 4 nitrogen and oxygen atoms in total. The highest BCUT2D eigenvalue weighted by Crippen LogP contribution is 2.36. The third-order valence-electron chi connectivity index (χ3n) is 5.48. The summed E-state index contributed by atoms with van der Waals surface area (Å²) in [5, 5.41) is 4.96. The average molecular weight is 399 g/mol. The Morgan fingerprint density at radius 3 is 2.48 bits per heavy atom. The molecule has 1 aromatic carbocycles. The summed E-state index contributed by atoms with van der Waals surface area (Å²) >= 11 is 6.20. The minimum absolute atomic E-state index is 0.365. The largest absolute Gasteiger partial charge is 0.317 e. The number of benzene rings is 1. The number of nitrogens with zero attached hydrogens (tertiary/aromatic N) is 1. The summed E-state index contributed by atoms with van der Waals surface area (Å²) in [5.74, 6) is 0.392. The summed E-state index contributed by atoms with van der Waals surface area (Å²) < 4.78 is 28.2. The Labute approximate surface area is 156 Å². The van der Waals surface area contributed by atoms with Gasteiger partial charge in [0.2, 0.25) is 10.0 Å². The third-order valence-corrected chi connectivity index (χ3v) is 12.9. The zero-order valence-corrected chi connectivity index (χ0v) is 17.9. The van der Waals surface area contributed by atoms with E-state index in [9.17, 15) is 8.42 Å². The Morgan fingerprint density at radius 2 is 1.88 bits per heavy atom. The molecule has 0 bridgehead atoms. The quantitative estimate of drug-likeness (QED) is 0.785. The Kier molecular flexibility index (Phi) is 5.10. The zero-order chi connectivity index (χ0) is 18.4. The molecule has 0 saturated carbocycles. The van der Waals surface area contributed by atoms with Gasteiger partial charge in [-0.25, -0.2) is 12.4 Å². The third kappa shape index (κ3) is 3.54. The van der Waals surface area contributed by atoms with Crippen LogP contribution in [0.4, 0.5) is 0 Å². The second kappa shape index (κ2) is 6.72. The maximum atomic E-state index is 13.3. The van der Waals surface area contributed by atoms with Crippen molar-refractivity contribution in [3.05, 3.63) is 35.0 Å². The molecule has 1 unspecified atom stereocenters. The van der Waals surface area contributed by atoms with Crippen LogP contribution in [0.25, 0.3) is 10.9 Å². The first-order valence-corrected chi connectivity index (χ1v) is 14.3. The second-order valence-corrected chi connectivity index (χ2v) is 16.7. The van der Waals surface area contributed by atoms with Crippen molar-refractivity contribution in [3.63, 3.8) is 0 Å². The highest BCUT2D eigenvalue weighted by molar-refractivity contribution is 7.92. The summed E-state index contributed by atoms with van der Waals surface area (Å²) in [6, 6.07) is 5.61. The van der Waals surface area contributed by atoms with Gasteiger partial charge in [0.15, 0.2) is 0 Å². The van der Waals surface area contributed by atoms with Gasteiger partial charge in [-0.1, -0.05) is 37.3 Å². The first-order chi connectivity index (χ1) is 11.6. The molecule has 1 aliphatic rings. The number of aromatic nitrogens is 1. The maximum absolute atomic E-state index is 13.3. The van der Waals surface area contributed by atoms with Crippen LogP contribution in [-0.4, -0.2) is 38.4 Å². The van der Waals surface area contributed by atoms with Crippen LogP contribution in [0.2, 0.25) is 24.7 Å². The van der Waals surface area contributed by atoms with Gasteiger partial charge in [0, 0.05) is 16.6 Å². The Morgan fingerprint density at radius 1 is 1.24 bits per heavy atom. The fourth-order valence-electron chi connectivity index (χ4n) is 3.48. The average Bonchev–Trinajstić information content (AvgIpc) is 2.93. The van der Waals surface area contributed by atoms with E-state index in [0.717, 1.165) is 36.9 Å². The molecule has 7 heteroatoms. The standard InChI is InChI=1S/C18H27ClN2O2SSi/c1-13(25(2,3)4)24(22,23)21-12-17(14-7-9-20-10-8-14)16-6-5-15(19)11-18(16)21/h5-6,11-14,20H,7-10H2,1-4H3. The van der Waals surface area contributed by atoms with Crippen LogP contribution >= 0.6 is 11.6 Å². The summed E-state index contributed by atoms with van der Waals surface area (Å²) in [5.41, 5.74) is 1.85. The molecule has 0 spiro atoms. The highest BCUT2D eigenvalue weighted by Gasteiger charge is 2.36. The van der Waals surface area contributed by atoms with Gasteiger partial charge in [-0.2, -0.15) is 0 Å². The molecule has 0 aliphatic carbocycles. The first kappa shape index (κ1) is 19.0. The molecule has 25 heavy (non-hydrogen) atoms. The fraction of sp³-hybridized carbons (Fsp3) is 0.556. The van der Waals surface area contributed by atoms with Gasteiger partial charge in [-0.05, 0) is 56.5 Å². The highest BCUT2D eigenvalue weighted by atomic mass is 35.5. The molecular weight excluding hydrogens is 372 g/mol. The van der Waals surface area contributed by atoms with Crippen molar-refractivity contribution >= 4 is 40.6 Å². The number of halogens is 1. The number of rotatable bonds is 4. The predicted octanol–water partition coefficient (Wildman–Crippen LogP) is 4.21. The van der Waals surface area contributed by atoms with Crippen LogP contribution in [0.5, 0.6) is 0 Å². The first-order valence-electron chi connectivity index (χ1n) is 8.88. The summed E-state index contributed by atoms with van der Waals surface area (Å²) in [6.07, 6.45) is 3.93. The Balaban J connectivity index is 2.20. The van der Waals surface area contributed by atoms with E-state index in [-0.39, 0.29) is 4.87 Å². The van der Waals surface area contributed by atoms with Gasteiger partial charge in [-0.3, -0.25) is 0 Å². The van der Waals surface area contributed by atoms with Gasteiger partial charge >= 0.3 is 0 Å². The molecular formula is C18H27ClN2O2SSi. The van der Waals surface area contributed by atoms with E-state index >= 15 is 0 Å². The second-order valence-electron chi connectivity index (χ2n) is 8.12. The number of nitrogens with one attached hydrogen (secondary N) is 1. The lowest BCUT2D eigenvalue weighted by molar-refractivity contribution is 0.462. The lowest BCUT2D eigenvalue weighted by Gasteiger charge is -2.25. The molecule has 1 N–H and O–H groups in total. The van der Waals surface area contributed by atoms with Crippen molar-refractivity contribution in [1.82, 2.24) is 9.29 Å². The van der Waals surface area contributed by atoms with Gasteiger partial charge in [0.1, 0.15) is 0 Å². The monoisotopic (exact) mass is 398 g/mol. The molecule has 138 valence electrons. The van der Waals surface area contributed by atoms with Crippen molar-refractivity contribution in [3.8, 4) is 0 Å². The van der Waals surface area contributed by atoms with Gasteiger partial charge in [0.05, 0.1) is 18.5 Å². The molecule has 0 amide bonds. The van der Waals surface area contributed by atoms with Crippen LogP contribution in [-0.2, 0) is 10.0 Å². The molecule has 1 aromatic heterocycles. The van der Waals surface area contributed by atoms with E-state index in [2.05, 4.69) is 25.0 Å². The minimum Gasteiger partial charge on any atom is -0.317 e. The van der Waals surface area contributed by atoms with Crippen LogP contribution in [0.3, 0.4) is 0 Å². The summed E-state index contributed by atoms with van der Waals surface area (Å²) in [6.45, 7) is 10.1. The fourth-order valence-corrected chi connectivity index (χ4v) is 8.59. The van der Waals surface area contributed by atoms with Crippen LogP contribution in [0.15, 0.2) is 24.4 Å². The van der Waals surface area contributed by atoms with Gasteiger partial charge in [0.25, 0.3) is 0 Å². The molecule has 1 atom stereocenters. The molecule has 0 radical (unpaired) electrons. The van der Waals surface area contributed by atoms with Crippen LogP contribution < -0.4 is 5.32 Å². The van der Waals surface area contributed by atoms with E-state index < -0.39 is 18.1 Å². The minimum atomic E-state index is -3.45. The maximum Gasteiger partial charge on any atom is 0.238 e. The SMILES string of the molecule is CC([Si](C)(C)C)S(=O)(=O)n1cc(C2CCNCC2)c2ccc(Cl)cc21. The lowest BCUT2D eigenvalue weighted by Crippen LogP contribution is -2.44. The lowest BCUT2D eigenvalue weighted by atomic mass is 9.90. The number of piperidine rings is 1. The van der Waals surface area contributed by atoms with Crippen molar-refractivity contribution < 1.29 is 8.42 Å². The molecule has 2 aromatic rings. The van der Waals surface area contributed by atoms with Gasteiger partial charge in [-0.15, -0.1) is 0 Å². The van der Waals surface area contributed by atoms with Crippen molar-refractivity contribution in [2.75, 3.05) is 13.1 Å². The van der Waals surface area contributed by atoms with E-state index in [4.69, 9.17) is 11.6 Å². The Hall–Kier alpha value is -0.823. The summed E-state index contributed by atoms with van der Waals surface area (Å²) in [7, 11) is -5.32. The van der Waals surface area contributed by atoms with Crippen LogP contribution in [0, 0.1) is 0 Å². The summed E-state index contributed by atoms with van der Waals surface area (Å²) in [4.78, 5) is -0.365. The number of hydrogen-bond acceptors (Lipinski definition) is 3. The molecule has 1 saturated heterocycles. The van der Waals surface area contributed by atoms with E-state index in [1.54, 1.807) is 6.07 Å². The number of fused-ring (bicyclic) bond motifs is 1. The zero-order valence-electron chi connectivity index (χ0n) is 15.3. The van der Waals surface area contributed by atoms with Crippen LogP contribution in [0.1, 0.15) is 31.2 Å². The smallest absolute Gasteiger partial charge is 0.238 e. The van der Waals surface area contributed by atoms with Gasteiger partial charge < -0.3 is 5.32 Å². The van der Waals surface area contributed by atoms with E-state index in [1.807, 2.05) is 25.3 Å². The van der Waals surface area contributed by atoms with Crippen molar-refractivity contribution in [2.24, 2.45) is 0 Å².